The van der Waals surface area contributed by atoms with Crippen LogP contribution in [0.4, 0.5) is 0 Å². The van der Waals surface area contributed by atoms with E-state index in [0.29, 0.717) is 0 Å². The van der Waals surface area contributed by atoms with Crippen molar-refractivity contribution in [2.75, 3.05) is 0 Å². The van der Waals surface area contributed by atoms with E-state index in [1.807, 2.05) is 0 Å². The summed E-state index contributed by atoms with van der Waals surface area (Å²) in [7, 11) is 0. The second-order valence-corrected chi connectivity index (χ2v) is 13.0. The Hall–Kier alpha value is -5.60. The zero-order valence-electron chi connectivity index (χ0n) is 25.3. The molecule has 0 saturated heterocycles. The van der Waals surface area contributed by atoms with E-state index in [-0.39, 0.29) is 5.41 Å². The van der Waals surface area contributed by atoms with Crippen molar-refractivity contribution in [2.45, 2.75) is 19.3 Å². The van der Waals surface area contributed by atoms with Gasteiger partial charge in [-0.1, -0.05) is 111 Å². The van der Waals surface area contributed by atoms with Crippen molar-refractivity contribution in [3.05, 3.63) is 157 Å². The smallest absolute Gasteiger partial charge is 0.0547 e. The summed E-state index contributed by atoms with van der Waals surface area (Å²) < 4.78 is 4.87. The van der Waals surface area contributed by atoms with Gasteiger partial charge in [-0.05, 0) is 81.6 Å². The van der Waals surface area contributed by atoms with Gasteiger partial charge in [0, 0.05) is 38.3 Å². The molecular formula is C43H30N2. The summed E-state index contributed by atoms with van der Waals surface area (Å²) in [5.41, 5.74) is 12.8. The third-order valence-corrected chi connectivity index (χ3v) is 10.3. The highest BCUT2D eigenvalue weighted by molar-refractivity contribution is 6.21. The molecule has 2 aromatic heterocycles. The Bertz CT molecular complexity index is 2670. The Morgan fingerprint density at radius 2 is 0.978 bits per heavy atom. The minimum Gasteiger partial charge on any atom is -0.309 e. The standard InChI is InChI=1S/C43H30N2/c1-43(2)34-22-20-27-12-6-7-15-30(27)40(34)42-35(43)23-25-39-41(42)32-17-9-11-19-37(32)45(39)29-21-24-38-33(26-29)31-16-8-10-18-36(31)44(38)28-13-4-3-5-14-28/h3-26H,1-2H3. The summed E-state index contributed by atoms with van der Waals surface area (Å²) in [5, 5.41) is 7.80. The number of para-hydroxylation sites is 3. The molecule has 0 N–H and O–H groups in total. The first kappa shape index (κ1) is 24.8. The zero-order valence-corrected chi connectivity index (χ0v) is 25.3. The predicted octanol–water partition coefficient (Wildman–Crippen LogP) is 11.3. The van der Waals surface area contributed by atoms with Gasteiger partial charge in [-0.15, -0.1) is 0 Å². The van der Waals surface area contributed by atoms with Crippen molar-refractivity contribution in [3.8, 4) is 22.5 Å². The summed E-state index contributed by atoms with van der Waals surface area (Å²) in [4.78, 5) is 0. The zero-order chi connectivity index (χ0) is 29.9. The maximum atomic E-state index is 2.48. The van der Waals surface area contributed by atoms with E-state index < -0.39 is 0 Å². The lowest BCUT2D eigenvalue weighted by Crippen LogP contribution is -2.14. The Balaban J connectivity index is 1.32. The number of rotatable bonds is 2. The minimum atomic E-state index is -0.0791. The molecular weight excluding hydrogens is 544 g/mol. The van der Waals surface area contributed by atoms with Crippen LogP contribution >= 0.6 is 0 Å². The number of aromatic nitrogens is 2. The van der Waals surface area contributed by atoms with Crippen LogP contribution in [0, 0.1) is 0 Å². The molecule has 45 heavy (non-hydrogen) atoms. The highest BCUT2D eigenvalue weighted by Crippen LogP contribution is 2.55. The van der Waals surface area contributed by atoms with Crippen molar-refractivity contribution in [1.82, 2.24) is 9.13 Å². The van der Waals surface area contributed by atoms with Crippen molar-refractivity contribution in [2.24, 2.45) is 0 Å². The normalized spacial score (nSPS) is 13.7. The second-order valence-electron chi connectivity index (χ2n) is 13.0. The molecule has 212 valence electrons. The highest BCUT2D eigenvalue weighted by Gasteiger charge is 2.38. The van der Waals surface area contributed by atoms with Crippen molar-refractivity contribution < 1.29 is 0 Å². The number of nitrogens with zero attached hydrogens (tertiary/aromatic N) is 2. The van der Waals surface area contributed by atoms with Crippen LogP contribution in [0.1, 0.15) is 25.0 Å². The molecule has 0 bridgehead atoms. The third kappa shape index (κ3) is 3.18. The first-order valence-electron chi connectivity index (χ1n) is 15.8. The Kier molecular flexibility index (Phi) is 4.82. The fourth-order valence-electron chi connectivity index (χ4n) is 8.28. The lowest BCUT2D eigenvalue weighted by atomic mass is 9.82. The van der Waals surface area contributed by atoms with Crippen LogP contribution in [0.25, 0.3) is 76.9 Å². The van der Waals surface area contributed by atoms with Crippen molar-refractivity contribution >= 4 is 54.4 Å². The molecule has 0 radical (unpaired) electrons. The molecule has 2 heterocycles. The van der Waals surface area contributed by atoms with Gasteiger partial charge in [-0.2, -0.15) is 0 Å². The van der Waals surface area contributed by atoms with Crippen LogP contribution in [0.15, 0.2) is 146 Å². The van der Waals surface area contributed by atoms with Crippen LogP contribution in [-0.4, -0.2) is 9.13 Å². The Morgan fingerprint density at radius 3 is 1.80 bits per heavy atom. The number of hydrogen-bond acceptors (Lipinski definition) is 0. The van der Waals surface area contributed by atoms with Gasteiger partial charge in [0.05, 0.1) is 22.1 Å². The lowest BCUT2D eigenvalue weighted by molar-refractivity contribution is 0.661. The van der Waals surface area contributed by atoms with Crippen LogP contribution < -0.4 is 0 Å². The molecule has 0 atom stereocenters. The predicted molar refractivity (Wildman–Crippen MR) is 190 cm³/mol. The summed E-state index contributed by atoms with van der Waals surface area (Å²) in [6, 6.07) is 53.7. The fourth-order valence-corrected chi connectivity index (χ4v) is 8.28. The number of benzene rings is 7. The topological polar surface area (TPSA) is 9.86 Å². The van der Waals surface area contributed by atoms with E-state index in [1.54, 1.807) is 0 Å². The molecule has 7 aromatic carbocycles. The van der Waals surface area contributed by atoms with Crippen LogP contribution in [0.3, 0.4) is 0 Å². The largest absolute Gasteiger partial charge is 0.309 e. The molecule has 0 amide bonds. The Labute approximate surface area is 261 Å². The van der Waals surface area contributed by atoms with Crippen LogP contribution in [0.2, 0.25) is 0 Å². The van der Waals surface area contributed by atoms with E-state index in [0.717, 1.165) is 0 Å². The van der Waals surface area contributed by atoms with E-state index in [4.69, 9.17) is 0 Å². The molecule has 1 aliphatic rings. The monoisotopic (exact) mass is 574 g/mol. The summed E-state index contributed by atoms with van der Waals surface area (Å²) in [6.07, 6.45) is 0. The average molecular weight is 575 g/mol. The number of fused-ring (bicyclic) bond motifs is 12. The van der Waals surface area contributed by atoms with Crippen LogP contribution in [-0.2, 0) is 5.41 Å². The van der Waals surface area contributed by atoms with Gasteiger partial charge in [-0.25, -0.2) is 0 Å². The molecule has 10 rings (SSSR count). The minimum absolute atomic E-state index is 0.0791. The second kappa shape index (κ2) is 8.74. The first-order chi connectivity index (χ1) is 22.1. The van der Waals surface area contributed by atoms with E-state index in [9.17, 15) is 0 Å². The van der Waals surface area contributed by atoms with Gasteiger partial charge < -0.3 is 9.13 Å². The van der Waals surface area contributed by atoms with Gasteiger partial charge in [0.1, 0.15) is 0 Å². The molecule has 2 heteroatoms. The molecule has 0 saturated carbocycles. The van der Waals surface area contributed by atoms with Gasteiger partial charge in [-0.3, -0.25) is 0 Å². The molecule has 1 aliphatic carbocycles. The van der Waals surface area contributed by atoms with E-state index in [2.05, 4.69) is 169 Å². The van der Waals surface area contributed by atoms with Gasteiger partial charge >= 0.3 is 0 Å². The van der Waals surface area contributed by atoms with Crippen molar-refractivity contribution in [1.29, 1.82) is 0 Å². The molecule has 0 spiro atoms. The average Bonchev–Trinajstić information content (AvgIpc) is 3.68. The first-order valence-corrected chi connectivity index (χ1v) is 15.8. The van der Waals surface area contributed by atoms with Crippen molar-refractivity contribution in [3.63, 3.8) is 0 Å². The molecule has 2 nitrogen and oxygen atoms in total. The van der Waals surface area contributed by atoms with E-state index >= 15 is 0 Å². The highest BCUT2D eigenvalue weighted by atomic mass is 15.0. The molecule has 9 aromatic rings. The third-order valence-electron chi connectivity index (χ3n) is 10.3. The number of hydrogen-bond donors (Lipinski definition) is 0. The quantitative estimate of drug-likeness (QED) is 0.194. The summed E-state index contributed by atoms with van der Waals surface area (Å²) in [5.74, 6) is 0. The SMILES string of the molecule is CC1(C)c2ccc3ccccc3c2-c2c1ccc1c2c2ccccc2n1-c1ccc2c(c1)c1ccccc1n2-c1ccccc1. The van der Waals surface area contributed by atoms with Gasteiger partial charge in [0.2, 0.25) is 0 Å². The maximum absolute atomic E-state index is 2.48. The lowest BCUT2D eigenvalue weighted by Gasteiger charge is -2.21. The van der Waals surface area contributed by atoms with E-state index in [1.165, 1.54) is 88.0 Å². The molecule has 0 unspecified atom stereocenters. The molecule has 0 fully saturated rings. The van der Waals surface area contributed by atoms with Crippen LogP contribution in [0.5, 0.6) is 0 Å². The van der Waals surface area contributed by atoms with Gasteiger partial charge in [0.25, 0.3) is 0 Å². The maximum Gasteiger partial charge on any atom is 0.0547 e. The fraction of sp³-hybridized carbons (Fsp3) is 0.0698. The Morgan fingerprint density at radius 1 is 0.400 bits per heavy atom. The van der Waals surface area contributed by atoms with Gasteiger partial charge in [0.15, 0.2) is 0 Å². The molecule has 0 aliphatic heterocycles. The summed E-state index contributed by atoms with van der Waals surface area (Å²) in [6.45, 7) is 4.77. The summed E-state index contributed by atoms with van der Waals surface area (Å²) >= 11 is 0.